The normalized spacial score (nSPS) is 10.1. The number of aliphatic hydroxyl groups excluding tert-OH is 1. The Balaban J connectivity index is 0.00000166. The number of benzene rings is 2. The third-order valence-electron chi connectivity index (χ3n) is 4.42. The number of carbonyl (C=O) groups excluding carboxylic acids is 1. The van der Waals surface area contributed by atoms with Crippen LogP contribution < -0.4 is 20.3 Å². The second kappa shape index (κ2) is 11.5. The summed E-state index contributed by atoms with van der Waals surface area (Å²) in [6.07, 6.45) is 1.15. The molecule has 0 saturated heterocycles. The van der Waals surface area contributed by atoms with E-state index in [2.05, 4.69) is 15.3 Å². The fourth-order valence-corrected chi connectivity index (χ4v) is 2.83. The highest BCUT2D eigenvalue weighted by atomic mass is 16.5. The number of aromatic nitrogens is 2. The Hall–Kier alpha value is -3.65. The zero-order valence-corrected chi connectivity index (χ0v) is 18.0. The molecule has 31 heavy (non-hydrogen) atoms. The molecule has 1 heterocycles. The van der Waals surface area contributed by atoms with Crippen molar-refractivity contribution < 1.29 is 19.4 Å². The summed E-state index contributed by atoms with van der Waals surface area (Å²) >= 11 is 0. The number of ether oxygens (including phenoxy) is 2. The molecule has 3 rings (SSSR count). The molecule has 0 aliphatic rings. The fourth-order valence-electron chi connectivity index (χ4n) is 2.83. The van der Waals surface area contributed by atoms with Crippen LogP contribution in [0.4, 0.5) is 0 Å². The lowest BCUT2D eigenvalue weighted by Crippen LogP contribution is -2.34. The van der Waals surface area contributed by atoms with Crippen molar-refractivity contribution >= 4 is 5.91 Å². The van der Waals surface area contributed by atoms with Gasteiger partial charge in [0.05, 0.1) is 20.3 Å². The molecule has 0 saturated carbocycles. The van der Waals surface area contributed by atoms with Gasteiger partial charge in [0, 0.05) is 6.20 Å². The number of H-pyrrole nitrogens is 1. The van der Waals surface area contributed by atoms with Gasteiger partial charge in [-0.1, -0.05) is 38.1 Å². The number of hydrogen-bond acceptors (Lipinski definition) is 6. The van der Waals surface area contributed by atoms with Crippen molar-refractivity contribution in [1.82, 2.24) is 15.3 Å². The van der Waals surface area contributed by atoms with Crippen LogP contribution in [-0.4, -0.2) is 35.2 Å². The van der Waals surface area contributed by atoms with E-state index in [-0.39, 0.29) is 11.4 Å². The van der Waals surface area contributed by atoms with Crippen molar-refractivity contribution in [1.29, 1.82) is 0 Å². The van der Waals surface area contributed by atoms with Crippen LogP contribution in [0.5, 0.6) is 11.5 Å². The van der Waals surface area contributed by atoms with Crippen LogP contribution in [0, 0.1) is 0 Å². The van der Waals surface area contributed by atoms with Crippen LogP contribution in [0.25, 0.3) is 0 Å². The van der Waals surface area contributed by atoms with E-state index in [9.17, 15) is 9.59 Å². The molecule has 0 fully saturated rings. The molecule has 0 unspecified atom stereocenters. The quantitative estimate of drug-likeness (QED) is 0.536. The smallest absolute Gasteiger partial charge is 0.263 e. The largest absolute Gasteiger partial charge is 0.497 e. The zero-order valence-electron chi connectivity index (χ0n) is 18.0. The Bertz CT molecular complexity index is 983. The highest BCUT2D eigenvalue weighted by Gasteiger charge is 2.20. The lowest BCUT2D eigenvalue weighted by atomic mass is 9.98. The summed E-state index contributed by atoms with van der Waals surface area (Å²) in [6.45, 7) is 3.58. The maximum atomic E-state index is 12.8. The van der Waals surface area contributed by atoms with Crippen molar-refractivity contribution in [3.8, 4) is 11.5 Å². The van der Waals surface area contributed by atoms with Gasteiger partial charge >= 0.3 is 0 Å². The predicted molar refractivity (Wildman–Crippen MR) is 117 cm³/mol. The number of nitrogens with one attached hydrogen (secondary N) is 2. The number of aliphatic hydroxyl groups is 1. The van der Waals surface area contributed by atoms with Gasteiger partial charge in [-0.05, 0) is 35.4 Å². The number of carbonyl (C=O) groups is 1. The molecule has 0 bridgehead atoms. The van der Waals surface area contributed by atoms with E-state index >= 15 is 0 Å². The van der Waals surface area contributed by atoms with Crippen LogP contribution in [0.1, 0.15) is 47.2 Å². The average Bonchev–Trinajstić information content (AvgIpc) is 2.83. The van der Waals surface area contributed by atoms with Crippen molar-refractivity contribution in [2.45, 2.75) is 26.5 Å². The monoisotopic (exact) mass is 425 g/mol. The molecule has 3 aromatic rings. The van der Waals surface area contributed by atoms with Crippen molar-refractivity contribution in [3.63, 3.8) is 0 Å². The molecule has 2 aromatic carbocycles. The minimum absolute atomic E-state index is 0.0911. The van der Waals surface area contributed by atoms with Gasteiger partial charge in [0.2, 0.25) is 0 Å². The number of hydrogen-bond donors (Lipinski definition) is 3. The third-order valence-corrected chi connectivity index (χ3v) is 4.42. The Morgan fingerprint density at radius 1 is 1.00 bits per heavy atom. The third kappa shape index (κ3) is 5.93. The molecule has 0 spiro atoms. The Morgan fingerprint density at radius 3 is 1.87 bits per heavy atom. The van der Waals surface area contributed by atoms with Crippen molar-refractivity contribution in [2.75, 3.05) is 14.2 Å². The number of aromatic amines is 1. The molecule has 1 amide bonds. The first-order valence-electron chi connectivity index (χ1n) is 9.83. The lowest BCUT2D eigenvalue weighted by molar-refractivity contribution is 0.0940. The van der Waals surface area contributed by atoms with Gasteiger partial charge in [0.25, 0.3) is 11.5 Å². The van der Waals surface area contributed by atoms with E-state index in [1.165, 1.54) is 0 Å². The van der Waals surface area contributed by atoms with E-state index in [0.29, 0.717) is 11.5 Å². The standard InChI is InChI=1S/C21H21N3O5.C2H6/c1-28-15-7-3-13(4-8-15)19(14-5-9-16(29-2)10-6-14)24-21(27)17-11-22-18(12-25)23-20(17)26;1-2/h3-11,19,25H,12H2,1-2H3,(H,24,27)(H,22,23,26);1-2H3. The summed E-state index contributed by atoms with van der Waals surface area (Å²) in [4.78, 5) is 31.2. The number of amides is 1. The van der Waals surface area contributed by atoms with E-state index in [0.717, 1.165) is 17.3 Å². The van der Waals surface area contributed by atoms with Gasteiger partial charge in [-0.3, -0.25) is 9.59 Å². The maximum absolute atomic E-state index is 12.8. The summed E-state index contributed by atoms with van der Waals surface area (Å²) < 4.78 is 10.4. The molecule has 8 heteroatoms. The minimum Gasteiger partial charge on any atom is -0.497 e. The van der Waals surface area contributed by atoms with Gasteiger partial charge < -0.3 is 24.9 Å². The van der Waals surface area contributed by atoms with E-state index in [4.69, 9.17) is 14.6 Å². The summed E-state index contributed by atoms with van der Waals surface area (Å²) in [5, 5.41) is 11.9. The molecular weight excluding hydrogens is 398 g/mol. The molecule has 0 radical (unpaired) electrons. The minimum atomic E-state index is -0.621. The fraction of sp³-hybridized carbons (Fsp3) is 0.261. The van der Waals surface area contributed by atoms with Crippen LogP contribution >= 0.6 is 0 Å². The van der Waals surface area contributed by atoms with Crippen LogP contribution in [0.15, 0.2) is 59.5 Å². The Morgan fingerprint density at radius 2 is 1.48 bits per heavy atom. The van der Waals surface area contributed by atoms with E-state index in [1.54, 1.807) is 38.5 Å². The topological polar surface area (TPSA) is 114 Å². The van der Waals surface area contributed by atoms with E-state index in [1.807, 2.05) is 38.1 Å². The summed E-state index contributed by atoms with van der Waals surface area (Å²) in [5.74, 6) is 0.885. The summed E-state index contributed by atoms with van der Waals surface area (Å²) in [5.41, 5.74) is 0.848. The Kier molecular flexibility index (Phi) is 8.78. The number of methoxy groups -OCH3 is 2. The van der Waals surface area contributed by atoms with Crippen LogP contribution in [-0.2, 0) is 6.61 Å². The Labute approximate surface area is 180 Å². The van der Waals surface area contributed by atoms with Crippen LogP contribution in [0.3, 0.4) is 0 Å². The summed E-state index contributed by atoms with van der Waals surface area (Å²) in [7, 11) is 3.15. The molecule has 0 aliphatic heterocycles. The highest BCUT2D eigenvalue weighted by molar-refractivity contribution is 5.94. The highest BCUT2D eigenvalue weighted by Crippen LogP contribution is 2.26. The van der Waals surface area contributed by atoms with Gasteiger partial charge in [-0.25, -0.2) is 4.98 Å². The average molecular weight is 425 g/mol. The number of rotatable bonds is 7. The first kappa shape index (κ1) is 23.6. The summed E-state index contributed by atoms with van der Waals surface area (Å²) in [6, 6.07) is 14.0. The zero-order chi connectivity index (χ0) is 22.8. The van der Waals surface area contributed by atoms with E-state index < -0.39 is 24.1 Å². The molecular formula is C23H27N3O5. The maximum Gasteiger partial charge on any atom is 0.263 e. The number of nitrogens with zero attached hydrogens (tertiary/aromatic N) is 1. The lowest BCUT2D eigenvalue weighted by Gasteiger charge is -2.20. The van der Waals surface area contributed by atoms with Gasteiger partial charge in [0.15, 0.2) is 0 Å². The first-order valence-corrected chi connectivity index (χ1v) is 9.83. The molecule has 8 nitrogen and oxygen atoms in total. The second-order valence-electron chi connectivity index (χ2n) is 6.18. The molecule has 0 atom stereocenters. The first-order chi connectivity index (χ1) is 15.0. The van der Waals surface area contributed by atoms with Gasteiger partial charge in [-0.15, -0.1) is 0 Å². The molecule has 1 aromatic heterocycles. The SMILES string of the molecule is CC.COc1ccc(C(NC(=O)c2cnc(CO)[nH]c2=O)c2ccc(OC)cc2)cc1. The molecule has 3 N–H and O–H groups in total. The van der Waals surface area contributed by atoms with Gasteiger partial charge in [-0.2, -0.15) is 0 Å². The van der Waals surface area contributed by atoms with Crippen LogP contribution in [0.2, 0.25) is 0 Å². The van der Waals surface area contributed by atoms with Crippen molar-refractivity contribution in [3.05, 3.63) is 87.6 Å². The molecule has 164 valence electrons. The van der Waals surface area contributed by atoms with Crippen molar-refractivity contribution in [2.24, 2.45) is 0 Å². The second-order valence-corrected chi connectivity index (χ2v) is 6.18. The predicted octanol–water partition coefficient (Wildman–Crippen LogP) is 2.83. The molecule has 0 aliphatic carbocycles. The van der Waals surface area contributed by atoms with Gasteiger partial charge in [0.1, 0.15) is 29.5 Å².